The lowest BCUT2D eigenvalue weighted by molar-refractivity contribution is -0.160. The maximum atomic E-state index is 13.4. The molecular weight excluding hydrogens is 412 g/mol. The molecule has 1 aromatic rings. The number of nitrogens with zero attached hydrogens (tertiary/aromatic N) is 3. The Morgan fingerprint density at radius 3 is 2.72 bits per heavy atom. The molecule has 0 unspecified atom stereocenters. The minimum atomic E-state index is -2.66. The molecule has 0 bridgehead atoms. The van der Waals surface area contributed by atoms with Gasteiger partial charge in [0.25, 0.3) is 6.43 Å². The fraction of sp³-hybridized carbons (Fsp3) is 0.800. The van der Waals surface area contributed by atoms with E-state index in [2.05, 4.69) is 18.1 Å². The van der Waals surface area contributed by atoms with E-state index in [0.717, 1.165) is 38.5 Å². The van der Waals surface area contributed by atoms with E-state index in [1.54, 1.807) is 10.9 Å². The Morgan fingerprint density at radius 1 is 1.22 bits per heavy atom. The molecule has 1 heterocycles. The smallest absolute Gasteiger partial charge is 0.266 e. The van der Waals surface area contributed by atoms with Gasteiger partial charge >= 0.3 is 0 Å². The van der Waals surface area contributed by atoms with Crippen molar-refractivity contribution < 1.29 is 18.7 Å². The third-order valence-electron chi connectivity index (χ3n) is 9.92. The van der Waals surface area contributed by atoms with Crippen LogP contribution in [0.1, 0.15) is 70.3 Å². The Morgan fingerprint density at radius 2 is 2.00 bits per heavy atom. The Balaban J connectivity index is 1.29. The van der Waals surface area contributed by atoms with Gasteiger partial charge in [-0.3, -0.25) is 9.48 Å². The van der Waals surface area contributed by atoms with E-state index >= 15 is 0 Å². The number of halogens is 2. The van der Waals surface area contributed by atoms with E-state index in [0.29, 0.717) is 35.7 Å². The van der Waals surface area contributed by atoms with Crippen molar-refractivity contribution in [3.05, 3.63) is 18.0 Å². The molecule has 5 rings (SSSR count). The van der Waals surface area contributed by atoms with Crippen molar-refractivity contribution in [1.29, 1.82) is 5.26 Å². The van der Waals surface area contributed by atoms with Crippen molar-refractivity contribution in [3.8, 4) is 6.07 Å². The fourth-order valence-electron chi connectivity index (χ4n) is 8.41. The molecule has 5 nitrogen and oxygen atoms in total. The predicted octanol–water partition coefficient (Wildman–Crippen LogP) is 4.59. The highest BCUT2D eigenvalue weighted by Gasteiger charge is 2.59. The highest BCUT2D eigenvalue weighted by atomic mass is 19.3. The standard InChI is InChI=1S/C25H33F2N3O2/c1-24-8-6-18-17-7-9-25(32,23(26)27)10-16(17)2-3-19(18)20(24)4-5-21(24)22(31)14-30-13-15(11-28)12-29-30/h12-13,16-21,23,32H,2-10,14H2,1H3/t16-,17+,18-,19-,20+,21-,24+,25-/m1/s1. The number of ketones is 1. The van der Waals surface area contributed by atoms with Gasteiger partial charge < -0.3 is 5.11 Å². The lowest BCUT2D eigenvalue weighted by atomic mass is 9.49. The third kappa shape index (κ3) is 3.41. The Kier molecular flexibility index (Phi) is 5.43. The van der Waals surface area contributed by atoms with E-state index in [9.17, 15) is 18.7 Å². The van der Waals surface area contributed by atoms with Crippen molar-refractivity contribution in [3.63, 3.8) is 0 Å². The Bertz CT molecular complexity index is 927. The lowest BCUT2D eigenvalue weighted by Gasteiger charge is -2.57. The highest BCUT2D eigenvalue weighted by Crippen LogP contribution is 2.64. The zero-order valence-electron chi connectivity index (χ0n) is 18.7. The summed E-state index contributed by atoms with van der Waals surface area (Å²) in [6.07, 6.45) is 7.66. The van der Waals surface area contributed by atoms with Crippen LogP contribution < -0.4 is 0 Å². The van der Waals surface area contributed by atoms with Crippen molar-refractivity contribution in [2.24, 2.45) is 40.9 Å². The van der Waals surface area contributed by atoms with Crippen LogP contribution in [0.25, 0.3) is 0 Å². The molecule has 32 heavy (non-hydrogen) atoms. The van der Waals surface area contributed by atoms with Crippen LogP contribution >= 0.6 is 0 Å². The number of aromatic nitrogens is 2. The molecule has 174 valence electrons. The Hall–Kier alpha value is -1.81. The highest BCUT2D eigenvalue weighted by molar-refractivity contribution is 5.82. The summed E-state index contributed by atoms with van der Waals surface area (Å²) in [4.78, 5) is 13.3. The van der Waals surface area contributed by atoms with E-state index in [4.69, 9.17) is 5.26 Å². The maximum Gasteiger partial charge on any atom is 0.266 e. The summed E-state index contributed by atoms with van der Waals surface area (Å²) in [7, 11) is 0. The second-order valence-corrected chi connectivity index (χ2v) is 11.3. The minimum Gasteiger partial charge on any atom is -0.384 e. The molecule has 1 N–H and O–H groups in total. The molecule has 1 aromatic heterocycles. The molecule has 8 atom stereocenters. The van der Waals surface area contributed by atoms with Gasteiger partial charge in [-0.1, -0.05) is 6.92 Å². The number of alkyl halides is 2. The molecule has 0 aromatic carbocycles. The summed E-state index contributed by atoms with van der Waals surface area (Å²) < 4.78 is 28.4. The zero-order chi connectivity index (χ0) is 22.7. The van der Waals surface area contributed by atoms with Crippen LogP contribution in [0, 0.1) is 52.3 Å². The van der Waals surface area contributed by atoms with Gasteiger partial charge in [0.05, 0.1) is 18.3 Å². The van der Waals surface area contributed by atoms with Crippen LogP contribution in [-0.2, 0) is 11.3 Å². The third-order valence-corrected chi connectivity index (χ3v) is 9.92. The molecule has 0 amide bonds. The molecule has 4 aliphatic rings. The van der Waals surface area contributed by atoms with Gasteiger partial charge in [0.1, 0.15) is 11.7 Å². The number of rotatable bonds is 4. The van der Waals surface area contributed by atoms with Crippen molar-refractivity contribution >= 4 is 5.78 Å². The first-order valence-electron chi connectivity index (χ1n) is 12.2. The van der Waals surface area contributed by atoms with Gasteiger partial charge in [0, 0.05) is 12.1 Å². The molecule has 7 heteroatoms. The summed E-state index contributed by atoms with van der Waals surface area (Å²) >= 11 is 0. The molecule has 0 saturated heterocycles. The van der Waals surface area contributed by atoms with Gasteiger partial charge in [-0.05, 0) is 92.8 Å². The second kappa shape index (κ2) is 7.90. The van der Waals surface area contributed by atoms with Crippen molar-refractivity contribution in [1.82, 2.24) is 9.78 Å². The number of carbonyl (C=O) groups excluding carboxylic acids is 1. The van der Waals surface area contributed by atoms with Crippen LogP contribution in [0.15, 0.2) is 12.4 Å². The number of aliphatic hydroxyl groups is 1. The van der Waals surface area contributed by atoms with Crippen molar-refractivity contribution in [2.75, 3.05) is 0 Å². The van der Waals surface area contributed by atoms with Crippen LogP contribution in [0.3, 0.4) is 0 Å². The summed E-state index contributed by atoms with van der Waals surface area (Å²) in [6.45, 7) is 2.52. The van der Waals surface area contributed by atoms with Crippen LogP contribution in [-0.4, -0.2) is 32.7 Å². The van der Waals surface area contributed by atoms with Gasteiger partial charge in [-0.2, -0.15) is 10.4 Å². The summed E-state index contributed by atoms with van der Waals surface area (Å²) in [6, 6.07) is 2.06. The van der Waals surface area contributed by atoms with E-state index < -0.39 is 12.0 Å². The topological polar surface area (TPSA) is 78.9 Å². The fourth-order valence-corrected chi connectivity index (χ4v) is 8.41. The number of hydrogen-bond acceptors (Lipinski definition) is 4. The molecule has 4 fully saturated rings. The van der Waals surface area contributed by atoms with E-state index in [-0.39, 0.29) is 42.4 Å². The summed E-state index contributed by atoms with van der Waals surface area (Å²) in [5.41, 5.74) is -1.33. The lowest BCUT2D eigenvalue weighted by Crippen LogP contribution is -2.53. The first-order valence-corrected chi connectivity index (χ1v) is 12.2. The summed E-state index contributed by atoms with van der Waals surface area (Å²) in [5, 5.41) is 23.6. The molecule has 4 aliphatic carbocycles. The molecule has 0 spiro atoms. The first-order chi connectivity index (χ1) is 15.2. The van der Waals surface area contributed by atoms with Gasteiger partial charge in [-0.15, -0.1) is 0 Å². The number of carbonyl (C=O) groups is 1. The number of fused-ring (bicyclic) bond motifs is 5. The summed E-state index contributed by atoms with van der Waals surface area (Å²) in [5.74, 6) is 2.53. The quantitative estimate of drug-likeness (QED) is 0.735. The van der Waals surface area contributed by atoms with Crippen LogP contribution in [0.4, 0.5) is 8.78 Å². The minimum absolute atomic E-state index is 0.00528. The predicted molar refractivity (Wildman–Crippen MR) is 114 cm³/mol. The average molecular weight is 446 g/mol. The van der Waals surface area contributed by atoms with Gasteiger partial charge in [0.15, 0.2) is 5.78 Å². The molecular formula is C25H33F2N3O2. The van der Waals surface area contributed by atoms with E-state index in [1.165, 1.54) is 6.20 Å². The molecule has 0 radical (unpaired) electrons. The molecule has 4 saturated carbocycles. The Labute approximate surface area is 188 Å². The largest absolute Gasteiger partial charge is 0.384 e. The van der Waals surface area contributed by atoms with Crippen LogP contribution in [0.2, 0.25) is 0 Å². The van der Waals surface area contributed by atoms with Crippen molar-refractivity contribution in [2.45, 2.75) is 83.3 Å². The zero-order valence-corrected chi connectivity index (χ0v) is 18.7. The number of hydrogen-bond donors (Lipinski definition) is 1. The van der Waals surface area contributed by atoms with Gasteiger partial charge in [0.2, 0.25) is 0 Å². The average Bonchev–Trinajstić information content (AvgIpc) is 3.36. The number of nitriles is 1. The van der Waals surface area contributed by atoms with Gasteiger partial charge in [-0.25, -0.2) is 8.78 Å². The van der Waals surface area contributed by atoms with Crippen LogP contribution in [0.5, 0.6) is 0 Å². The van der Waals surface area contributed by atoms with E-state index in [1.807, 2.05) is 0 Å². The first kappa shape index (κ1) is 22.0. The second-order valence-electron chi connectivity index (χ2n) is 11.3. The normalized spacial score (nSPS) is 43.2. The molecule has 0 aliphatic heterocycles. The maximum absolute atomic E-state index is 13.4. The monoisotopic (exact) mass is 445 g/mol. The SMILES string of the molecule is C[C@]12CC[C@H]3[C@@H](CC[C@@H]4C[C@@](O)(C(F)F)CC[C@@H]43)[C@@H]1CC[C@@H]2C(=O)Cn1cc(C#N)cn1. The number of Topliss-reactive ketones (excluding diaryl/α,β-unsaturated/α-hetero) is 1.